The highest BCUT2D eigenvalue weighted by molar-refractivity contribution is 5.85. The number of likely N-dealkylation sites (N-methyl/N-ethyl adjacent to an activating group) is 1. The third kappa shape index (κ3) is 4.15. The summed E-state index contributed by atoms with van der Waals surface area (Å²) in [6.45, 7) is 2.92. The van der Waals surface area contributed by atoms with E-state index in [2.05, 4.69) is 17.3 Å². The first-order chi connectivity index (χ1) is 9.69. The quantitative estimate of drug-likeness (QED) is 0.868. The van der Waals surface area contributed by atoms with Crippen LogP contribution in [0.1, 0.15) is 12.0 Å². The van der Waals surface area contributed by atoms with Crippen LogP contribution in [0, 0.1) is 0 Å². The Balaban J connectivity index is 0.00000220. The average Bonchev–Trinajstić information content (AvgIpc) is 3.01. The maximum atomic E-state index is 5.49. The van der Waals surface area contributed by atoms with Gasteiger partial charge in [-0.05, 0) is 20.0 Å². The van der Waals surface area contributed by atoms with E-state index in [4.69, 9.17) is 14.2 Å². The molecule has 1 heterocycles. The van der Waals surface area contributed by atoms with E-state index in [1.54, 1.807) is 21.3 Å². The number of rotatable bonds is 6. The molecule has 1 N–H and O–H groups in total. The zero-order valence-electron chi connectivity index (χ0n) is 13.1. The van der Waals surface area contributed by atoms with Crippen molar-refractivity contribution in [2.24, 2.45) is 0 Å². The van der Waals surface area contributed by atoms with E-state index in [1.165, 1.54) is 6.42 Å². The second kappa shape index (κ2) is 8.32. The summed E-state index contributed by atoms with van der Waals surface area (Å²) < 4.78 is 16.3. The monoisotopic (exact) mass is 316 g/mol. The van der Waals surface area contributed by atoms with Crippen LogP contribution in [0.2, 0.25) is 0 Å². The second-order valence-corrected chi connectivity index (χ2v) is 5.07. The van der Waals surface area contributed by atoms with Crippen LogP contribution in [0.3, 0.4) is 0 Å². The molecule has 0 bridgehead atoms. The third-order valence-electron chi connectivity index (χ3n) is 3.88. The molecule has 0 spiro atoms. The Morgan fingerprint density at radius 1 is 1.14 bits per heavy atom. The Bertz CT molecular complexity index is 426. The molecule has 0 amide bonds. The van der Waals surface area contributed by atoms with Gasteiger partial charge in [0.1, 0.15) is 17.2 Å². The first-order valence-corrected chi connectivity index (χ1v) is 6.89. The molecule has 1 fully saturated rings. The summed E-state index contributed by atoms with van der Waals surface area (Å²) >= 11 is 0. The van der Waals surface area contributed by atoms with Crippen LogP contribution in [0.15, 0.2) is 12.1 Å². The van der Waals surface area contributed by atoms with Crippen LogP contribution in [0.25, 0.3) is 0 Å². The number of halogens is 1. The van der Waals surface area contributed by atoms with Crippen molar-refractivity contribution in [1.29, 1.82) is 0 Å². The van der Waals surface area contributed by atoms with Gasteiger partial charge in [-0.15, -0.1) is 12.4 Å². The van der Waals surface area contributed by atoms with E-state index in [0.717, 1.165) is 42.4 Å². The minimum atomic E-state index is 0. The van der Waals surface area contributed by atoms with Crippen LogP contribution in [0.5, 0.6) is 17.2 Å². The summed E-state index contributed by atoms with van der Waals surface area (Å²) in [5.74, 6) is 2.35. The zero-order chi connectivity index (χ0) is 14.5. The number of hydrogen-bond donors (Lipinski definition) is 1. The molecule has 1 aliphatic heterocycles. The second-order valence-electron chi connectivity index (χ2n) is 5.07. The molecule has 1 unspecified atom stereocenters. The number of ether oxygens (including phenoxy) is 3. The highest BCUT2D eigenvalue weighted by Crippen LogP contribution is 2.35. The van der Waals surface area contributed by atoms with Crippen molar-refractivity contribution < 1.29 is 14.2 Å². The topological polar surface area (TPSA) is 43.0 Å². The molecular formula is C15H25ClN2O3. The van der Waals surface area contributed by atoms with Crippen molar-refractivity contribution in [2.45, 2.75) is 19.0 Å². The molecule has 1 saturated heterocycles. The van der Waals surface area contributed by atoms with Gasteiger partial charge in [0.15, 0.2) is 0 Å². The van der Waals surface area contributed by atoms with E-state index in [-0.39, 0.29) is 12.4 Å². The van der Waals surface area contributed by atoms with E-state index < -0.39 is 0 Å². The zero-order valence-corrected chi connectivity index (χ0v) is 14.0. The van der Waals surface area contributed by atoms with Gasteiger partial charge in [-0.3, -0.25) is 4.90 Å². The first kappa shape index (κ1) is 17.9. The minimum Gasteiger partial charge on any atom is -0.496 e. The van der Waals surface area contributed by atoms with E-state index in [0.29, 0.717) is 6.04 Å². The standard InChI is InChI=1S/C15H24N2O3.ClH/c1-17(11-5-6-16-9-11)10-13-14(19-3)7-12(18-2)8-15(13)20-4;/h7-8,11,16H,5-6,9-10H2,1-4H3;1H. The number of nitrogens with one attached hydrogen (secondary N) is 1. The van der Waals surface area contributed by atoms with Crippen LogP contribution in [-0.4, -0.2) is 52.4 Å². The van der Waals surface area contributed by atoms with Gasteiger partial charge in [-0.25, -0.2) is 0 Å². The lowest BCUT2D eigenvalue weighted by molar-refractivity contribution is 0.240. The van der Waals surface area contributed by atoms with Crippen LogP contribution >= 0.6 is 12.4 Å². The highest BCUT2D eigenvalue weighted by atomic mass is 35.5. The van der Waals surface area contributed by atoms with Gasteiger partial charge in [0.25, 0.3) is 0 Å². The lowest BCUT2D eigenvalue weighted by atomic mass is 10.1. The fourth-order valence-corrected chi connectivity index (χ4v) is 2.63. The number of hydrogen-bond acceptors (Lipinski definition) is 5. The SMILES string of the molecule is COc1cc(OC)c(CN(C)C2CCNC2)c(OC)c1.Cl. The lowest BCUT2D eigenvalue weighted by Crippen LogP contribution is -2.33. The molecular weight excluding hydrogens is 292 g/mol. The molecule has 1 aromatic carbocycles. The summed E-state index contributed by atoms with van der Waals surface area (Å²) in [7, 11) is 7.13. The maximum absolute atomic E-state index is 5.49. The molecule has 120 valence electrons. The van der Waals surface area contributed by atoms with Crippen molar-refractivity contribution in [3.05, 3.63) is 17.7 Å². The van der Waals surface area contributed by atoms with Crippen molar-refractivity contribution in [3.8, 4) is 17.2 Å². The molecule has 5 nitrogen and oxygen atoms in total. The van der Waals surface area contributed by atoms with Crippen LogP contribution < -0.4 is 19.5 Å². The molecule has 6 heteroatoms. The highest BCUT2D eigenvalue weighted by Gasteiger charge is 2.22. The summed E-state index contributed by atoms with van der Waals surface area (Å²) in [6.07, 6.45) is 1.18. The number of benzene rings is 1. The van der Waals surface area contributed by atoms with Crippen molar-refractivity contribution >= 4 is 12.4 Å². The third-order valence-corrected chi connectivity index (χ3v) is 3.88. The van der Waals surface area contributed by atoms with E-state index in [1.807, 2.05) is 12.1 Å². The average molecular weight is 317 g/mol. The molecule has 21 heavy (non-hydrogen) atoms. The Morgan fingerprint density at radius 3 is 2.19 bits per heavy atom. The molecule has 1 aliphatic rings. The van der Waals surface area contributed by atoms with Crippen molar-refractivity contribution in [3.63, 3.8) is 0 Å². The van der Waals surface area contributed by atoms with Gasteiger partial charge < -0.3 is 19.5 Å². The van der Waals surface area contributed by atoms with Crippen molar-refractivity contribution in [1.82, 2.24) is 10.2 Å². The Hall–Kier alpha value is -1.17. The van der Waals surface area contributed by atoms with Gasteiger partial charge in [0.2, 0.25) is 0 Å². The van der Waals surface area contributed by atoms with Crippen LogP contribution in [-0.2, 0) is 6.54 Å². The van der Waals surface area contributed by atoms with Gasteiger partial charge in [0, 0.05) is 31.3 Å². The minimum absolute atomic E-state index is 0. The van der Waals surface area contributed by atoms with E-state index in [9.17, 15) is 0 Å². The largest absolute Gasteiger partial charge is 0.496 e. The molecule has 1 aromatic rings. The maximum Gasteiger partial charge on any atom is 0.130 e. The van der Waals surface area contributed by atoms with Crippen LogP contribution in [0.4, 0.5) is 0 Å². The predicted molar refractivity (Wildman–Crippen MR) is 86.1 cm³/mol. The summed E-state index contributed by atoms with van der Waals surface area (Å²) in [5, 5.41) is 3.39. The Kier molecular flexibility index (Phi) is 7.08. The predicted octanol–water partition coefficient (Wildman–Crippen LogP) is 1.93. The number of nitrogens with zero attached hydrogens (tertiary/aromatic N) is 1. The summed E-state index contributed by atoms with van der Waals surface area (Å²) in [5.41, 5.74) is 1.06. The van der Waals surface area contributed by atoms with Gasteiger partial charge in [-0.1, -0.05) is 0 Å². The number of methoxy groups -OCH3 is 3. The molecule has 1 atom stereocenters. The van der Waals surface area contributed by atoms with Crippen molar-refractivity contribution in [2.75, 3.05) is 41.5 Å². The summed E-state index contributed by atoms with van der Waals surface area (Å²) in [6, 6.07) is 4.36. The fraction of sp³-hybridized carbons (Fsp3) is 0.600. The lowest BCUT2D eigenvalue weighted by Gasteiger charge is -2.25. The smallest absolute Gasteiger partial charge is 0.130 e. The molecule has 0 aromatic heterocycles. The van der Waals surface area contributed by atoms with Gasteiger partial charge in [0.05, 0.1) is 26.9 Å². The Labute approximate surface area is 133 Å². The fourth-order valence-electron chi connectivity index (χ4n) is 2.63. The molecule has 2 rings (SSSR count). The van der Waals surface area contributed by atoms with Gasteiger partial charge >= 0.3 is 0 Å². The summed E-state index contributed by atoms with van der Waals surface area (Å²) in [4.78, 5) is 2.34. The molecule has 0 aliphatic carbocycles. The molecule has 0 radical (unpaired) electrons. The Morgan fingerprint density at radius 2 is 1.76 bits per heavy atom. The molecule has 0 saturated carbocycles. The van der Waals surface area contributed by atoms with Gasteiger partial charge in [-0.2, -0.15) is 0 Å². The normalized spacial score (nSPS) is 17.5. The van der Waals surface area contributed by atoms with E-state index >= 15 is 0 Å². The first-order valence-electron chi connectivity index (χ1n) is 6.89.